The van der Waals surface area contributed by atoms with Crippen molar-refractivity contribution in [3.63, 3.8) is 0 Å². The molecule has 3 atom stereocenters. The second-order valence-corrected chi connectivity index (χ2v) is 6.42. The normalized spacial score (nSPS) is 31.0. The Hall–Kier alpha value is -0.120. The minimum atomic E-state index is 0.239. The van der Waals surface area contributed by atoms with Gasteiger partial charge in [0.25, 0.3) is 0 Å². The van der Waals surface area contributed by atoms with Crippen molar-refractivity contribution < 1.29 is 0 Å². The maximum absolute atomic E-state index is 5.95. The van der Waals surface area contributed by atoms with Crippen molar-refractivity contribution >= 4 is 0 Å². The Kier molecular flexibility index (Phi) is 6.09. The summed E-state index contributed by atoms with van der Waals surface area (Å²) in [5, 5.41) is 0. The highest BCUT2D eigenvalue weighted by molar-refractivity contribution is 5.03. The molecule has 108 valence electrons. The van der Waals surface area contributed by atoms with Gasteiger partial charge >= 0.3 is 0 Å². The number of nitrogens with two attached hydrogens (primary N) is 1. The fraction of sp³-hybridized carbons (Fsp3) is 1.00. The molecule has 3 unspecified atom stereocenters. The Labute approximate surface area is 113 Å². The average Bonchev–Trinajstić information content (AvgIpc) is 2.35. The third-order valence-electron chi connectivity index (χ3n) is 5.18. The van der Waals surface area contributed by atoms with E-state index in [0.29, 0.717) is 12.0 Å². The summed E-state index contributed by atoms with van der Waals surface area (Å²) >= 11 is 0. The van der Waals surface area contributed by atoms with Crippen molar-refractivity contribution in [2.45, 2.75) is 70.9 Å². The summed E-state index contributed by atoms with van der Waals surface area (Å²) in [7, 11) is 4.45. The van der Waals surface area contributed by atoms with E-state index in [-0.39, 0.29) is 5.54 Å². The van der Waals surface area contributed by atoms with E-state index in [0.717, 1.165) is 5.92 Å². The van der Waals surface area contributed by atoms with Crippen molar-refractivity contribution in [2.75, 3.05) is 14.1 Å². The van der Waals surface area contributed by atoms with Crippen molar-refractivity contribution in [3.8, 4) is 0 Å². The smallest absolute Gasteiger partial charge is 0.0422 e. The fourth-order valence-electron chi connectivity index (χ4n) is 4.02. The van der Waals surface area contributed by atoms with Crippen LogP contribution < -0.4 is 11.3 Å². The zero-order chi connectivity index (χ0) is 13.8. The first-order valence-electron chi connectivity index (χ1n) is 7.65. The number of hydrazine groups is 1. The van der Waals surface area contributed by atoms with Crippen LogP contribution in [-0.4, -0.2) is 30.6 Å². The van der Waals surface area contributed by atoms with Gasteiger partial charge in [0.05, 0.1) is 0 Å². The Morgan fingerprint density at radius 3 is 2.33 bits per heavy atom. The van der Waals surface area contributed by atoms with E-state index in [9.17, 15) is 0 Å². The third-order valence-corrected chi connectivity index (χ3v) is 5.18. The molecular formula is C15H33N3. The van der Waals surface area contributed by atoms with Crippen LogP contribution in [0.2, 0.25) is 0 Å². The molecule has 1 saturated carbocycles. The molecule has 0 spiro atoms. The van der Waals surface area contributed by atoms with Crippen LogP contribution in [0.15, 0.2) is 0 Å². The molecule has 0 amide bonds. The van der Waals surface area contributed by atoms with E-state index < -0.39 is 0 Å². The van der Waals surface area contributed by atoms with Gasteiger partial charge in [0.2, 0.25) is 0 Å². The van der Waals surface area contributed by atoms with Gasteiger partial charge in [-0.25, -0.2) is 0 Å². The molecule has 0 heterocycles. The Balaban J connectivity index is 3.00. The molecule has 3 N–H and O–H groups in total. The Bertz CT molecular complexity index is 238. The van der Waals surface area contributed by atoms with Crippen LogP contribution >= 0.6 is 0 Å². The summed E-state index contributed by atoms with van der Waals surface area (Å²) in [5.41, 5.74) is 3.41. The minimum absolute atomic E-state index is 0.239. The lowest BCUT2D eigenvalue weighted by molar-refractivity contribution is 0.0137. The summed E-state index contributed by atoms with van der Waals surface area (Å²) in [6.07, 6.45) is 7.65. The first-order valence-corrected chi connectivity index (χ1v) is 7.65. The van der Waals surface area contributed by atoms with Crippen LogP contribution in [-0.2, 0) is 0 Å². The van der Waals surface area contributed by atoms with Crippen molar-refractivity contribution in [3.05, 3.63) is 0 Å². The molecule has 0 aromatic carbocycles. The fourth-order valence-corrected chi connectivity index (χ4v) is 4.02. The van der Waals surface area contributed by atoms with Crippen LogP contribution in [0.4, 0.5) is 0 Å². The van der Waals surface area contributed by atoms with Crippen LogP contribution in [0.5, 0.6) is 0 Å². The molecule has 0 aromatic heterocycles. The highest BCUT2D eigenvalue weighted by atomic mass is 15.3. The topological polar surface area (TPSA) is 41.3 Å². The van der Waals surface area contributed by atoms with Gasteiger partial charge in [-0.15, -0.1) is 0 Å². The molecule has 18 heavy (non-hydrogen) atoms. The van der Waals surface area contributed by atoms with Gasteiger partial charge in [-0.1, -0.05) is 46.5 Å². The monoisotopic (exact) mass is 255 g/mol. The van der Waals surface area contributed by atoms with E-state index in [1.165, 1.54) is 38.5 Å². The van der Waals surface area contributed by atoms with Crippen molar-refractivity contribution in [1.29, 1.82) is 0 Å². The zero-order valence-electron chi connectivity index (χ0n) is 13.0. The SMILES string of the molecule is CCC(CC)C(NN)C1(N(C)C)CCCC(C)C1. The Morgan fingerprint density at radius 1 is 1.33 bits per heavy atom. The molecular weight excluding hydrogens is 222 g/mol. The predicted molar refractivity (Wildman–Crippen MR) is 79.2 cm³/mol. The van der Waals surface area contributed by atoms with Gasteiger partial charge in [-0.2, -0.15) is 0 Å². The van der Waals surface area contributed by atoms with Crippen molar-refractivity contribution in [2.24, 2.45) is 17.7 Å². The third kappa shape index (κ3) is 3.06. The average molecular weight is 255 g/mol. The molecule has 0 aromatic rings. The zero-order valence-corrected chi connectivity index (χ0v) is 13.0. The number of hydrogen-bond donors (Lipinski definition) is 2. The molecule has 1 aliphatic carbocycles. The highest BCUT2D eigenvalue weighted by Gasteiger charge is 2.45. The molecule has 1 aliphatic rings. The van der Waals surface area contributed by atoms with Gasteiger partial charge in [0.1, 0.15) is 0 Å². The number of nitrogens with zero attached hydrogens (tertiary/aromatic N) is 1. The lowest BCUT2D eigenvalue weighted by Crippen LogP contribution is -2.64. The molecule has 3 nitrogen and oxygen atoms in total. The van der Waals surface area contributed by atoms with Crippen LogP contribution in [0.3, 0.4) is 0 Å². The van der Waals surface area contributed by atoms with Gasteiger partial charge in [0, 0.05) is 11.6 Å². The summed E-state index contributed by atoms with van der Waals surface area (Å²) in [6.45, 7) is 6.96. The molecule has 0 bridgehead atoms. The number of rotatable bonds is 6. The van der Waals surface area contributed by atoms with Crippen LogP contribution in [0.1, 0.15) is 59.3 Å². The highest BCUT2D eigenvalue weighted by Crippen LogP contribution is 2.41. The maximum Gasteiger partial charge on any atom is 0.0422 e. The molecule has 1 rings (SSSR count). The molecule has 0 aliphatic heterocycles. The van der Waals surface area contributed by atoms with E-state index in [1.54, 1.807) is 0 Å². The lowest BCUT2D eigenvalue weighted by Gasteiger charge is -2.52. The van der Waals surface area contributed by atoms with Gasteiger partial charge < -0.3 is 4.90 Å². The quantitative estimate of drug-likeness (QED) is 0.566. The molecule has 0 saturated heterocycles. The molecule has 0 radical (unpaired) electrons. The van der Waals surface area contributed by atoms with E-state index in [2.05, 4.69) is 45.2 Å². The summed E-state index contributed by atoms with van der Waals surface area (Å²) in [5.74, 6) is 7.43. The molecule has 3 heteroatoms. The lowest BCUT2D eigenvalue weighted by atomic mass is 9.67. The standard InChI is InChI=1S/C15H33N3/c1-6-13(7-2)14(17-16)15(18(4)5)10-8-9-12(3)11-15/h12-14,17H,6-11,16H2,1-5H3. The van der Waals surface area contributed by atoms with Gasteiger partial charge in [-0.3, -0.25) is 11.3 Å². The van der Waals surface area contributed by atoms with Crippen LogP contribution in [0, 0.1) is 11.8 Å². The van der Waals surface area contributed by atoms with E-state index >= 15 is 0 Å². The van der Waals surface area contributed by atoms with Crippen LogP contribution in [0.25, 0.3) is 0 Å². The molecule has 1 fully saturated rings. The first-order chi connectivity index (χ1) is 8.51. The van der Waals surface area contributed by atoms with E-state index in [4.69, 9.17) is 5.84 Å². The minimum Gasteiger partial charge on any atom is -0.302 e. The Morgan fingerprint density at radius 2 is 1.94 bits per heavy atom. The predicted octanol–water partition coefficient (Wildman–Crippen LogP) is 2.77. The van der Waals surface area contributed by atoms with Crippen molar-refractivity contribution in [1.82, 2.24) is 10.3 Å². The summed E-state index contributed by atoms with van der Waals surface area (Å²) in [6, 6.07) is 0.408. The number of nitrogens with one attached hydrogen (secondary N) is 1. The van der Waals surface area contributed by atoms with Gasteiger partial charge in [-0.05, 0) is 38.8 Å². The maximum atomic E-state index is 5.95. The largest absolute Gasteiger partial charge is 0.302 e. The van der Waals surface area contributed by atoms with Gasteiger partial charge in [0.15, 0.2) is 0 Å². The second kappa shape index (κ2) is 6.88. The number of hydrogen-bond acceptors (Lipinski definition) is 3. The number of likely N-dealkylation sites (N-methyl/N-ethyl adjacent to an activating group) is 1. The summed E-state index contributed by atoms with van der Waals surface area (Å²) in [4.78, 5) is 2.44. The summed E-state index contributed by atoms with van der Waals surface area (Å²) < 4.78 is 0. The first kappa shape index (κ1) is 15.9. The second-order valence-electron chi connectivity index (χ2n) is 6.42. The van der Waals surface area contributed by atoms with E-state index in [1.807, 2.05) is 0 Å².